The number of nitrogens with two attached hydrogens (primary N) is 1. The van der Waals surface area contributed by atoms with E-state index in [1.54, 1.807) is 36.7 Å². The SMILES string of the molecule is NC(=O)c1ccc(NC(=O)CN2C(=O)N(Cc3ccncc3)C(=O)C3NCCCC32)cc1. The first-order valence-electron chi connectivity index (χ1n) is 10.4. The Labute approximate surface area is 184 Å². The average molecular weight is 436 g/mol. The van der Waals surface area contributed by atoms with Gasteiger partial charge in [0, 0.05) is 23.6 Å². The molecule has 0 spiro atoms. The maximum Gasteiger partial charge on any atom is 0.327 e. The third-order valence-corrected chi connectivity index (χ3v) is 5.69. The molecule has 10 heteroatoms. The number of aromatic nitrogens is 1. The second-order valence-electron chi connectivity index (χ2n) is 7.82. The van der Waals surface area contributed by atoms with Crippen molar-refractivity contribution in [2.24, 2.45) is 5.73 Å². The lowest BCUT2D eigenvalue weighted by Crippen LogP contribution is -2.70. The lowest BCUT2D eigenvalue weighted by molar-refractivity contribution is -0.138. The highest BCUT2D eigenvalue weighted by atomic mass is 16.2. The van der Waals surface area contributed by atoms with Crippen molar-refractivity contribution in [1.29, 1.82) is 0 Å². The molecule has 1 aromatic heterocycles. The lowest BCUT2D eigenvalue weighted by Gasteiger charge is -2.46. The number of imide groups is 1. The van der Waals surface area contributed by atoms with E-state index in [2.05, 4.69) is 15.6 Å². The highest BCUT2D eigenvalue weighted by molar-refractivity contribution is 6.03. The van der Waals surface area contributed by atoms with Gasteiger partial charge in [0.1, 0.15) is 12.6 Å². The Kier molecular flexibility index (Phi) is 6.13. The van der Waals surface area contributed by atoms with Crippen LogP contribution in [0.2, 0.25) is 0 Å². The topological polar surface area (TPSA) is 138 Å². The summed E-state index contributed by atoms with van der Waals surface area (Å²) in [6.07, 6.45) is 4.65. The summed E-state index contributed by atoms with van der Waals surface area (Å²) >= 11 is 0. The van der Waals surface area contributed by atoms with Crippen molar-refractivity contribution >= 4 is 29.4 Å². The van der Waals surface area contributed by atoms with Gasteiger partial charge < -0.3 is 21.3 Å². The van der Waals surface area contributed by atoms with Crippen LogP contribution in [0.15, 0.2) is 48.8 Å². The number of piperidine rings is 1. The molecule has 5 amide bonds. The van der Waals surface area contributed by atoms with Gasteiger partial charge in [-0.15, -0.1) is 0 Å². The van der Waals surface area contributed by atoms with Gasteiger partial charge in [0.2, 0.25) is 17.7 Å². The highest BCUT2D eigenvalue weighted by Gasteiger charge is 2.47. The zero-order chi connectivity index (χ0) is 22.7. The van der Waals surface area contributed by atoms with E-state index in [9.17, 15) is 19.2 Å². The van der Waals surface area contributed by atoms with E-state index in [0.29, 0.717) is 24.2 Å². The number of primary amides is 1. The molecule has 0 aliphatic carbocycles. The maximum absolute atomic E-state index is 13.3. The Bertz CT molecular complexity index is 1030. The third kappa shape index (κ3) is 4.45. The monoisotopic (exact) mass is 436 g/mol. The van der Waals surface area contributed by atoms with E-state index in [1.165, 1.54) is 21.9 Å². The zero-order valence-corrected chi connectivity index (χ0v) is 17.4. The molecule has 4 N–H and O–H groups in total. The summed E-state index contributed by atoms with van der Waals surface area (Å²) in [6.45, 7) is 0.591. The molecule has 2 fully saturated rings. The van der Waals surface area contributed by atoms with Gasteiger partial charge in [-0.3, -0.25) is 24.3 Å². The number of rotatable bonds is 6. The maximum atomic E-state index is 13.3. The first-order chi connectivity index (χ1) is 15.4. The number of nitrogens with zero attached hydrogens (tertiary/aromatic N) is 3. The summed E-state index contributed by atoms with van der Waals surface area (Å²) in [4.78, 5) is 56.9. The van der Waals surface area contributed by atoms with E-state index in [1.807, 2.05) is 0 Å². The average Bonchev–Trinajstić information content (AvgIpc) is 2.80. The van der Waals surface area contributed by atoms with Gasteiger partial charge in [0.25, 0.3) is 0 Å². The minimum Gasteiger partial charge on any atom is -0.366 e. The molecular formula is C22H24N6O4. The fourth-order valence-corrected chi connectivity index (χ4v) is 4.09. The number of fused-ring (bicyclic) bond motifs is 1. The molecule has 0 radical (unpaired) electrons. The number of hydrogen-bond donors (Lipinski definition) is 3. The summed E-state index contributed by atoms with van der Waals surface area (Å²) in [5, 5.41) is 5.93. The van der Waals surface area contributed by atoms with Crippen LogP contribution in [0.3, 0.4) is 0 Å². The number of benzene rings is 1. The van der Waals surface area contributed by atoms with Crippen molar-refractivity contribution in [2.45, 2.75) is 31.5 Å². The normalized spacial score (nSPS) is 20.6. The first kappa shape index (κ1) is 21.4. The molecule has 0 saturated carbocycles. The van der Waals surface area contributed by atoms with Crippen molar-refractivity contribution in [1.82, 2.24) is 20.1 Å². The Balaban J connectivity index is 1.51. The Morgan fingerprint density at radius 3 is 2.53 bits per heavy atom. The van der Waals surface area contributed by atoms with Crippen LogP contribution in [0.1, 0.15) is 28.8 Å². The second-order valence-corrected chi connectivity index (χ2v) is 7.82. The van der Waals surface area contributed by atoms with Crippen LogP contribution in [0.25, 0.3) is 0 Å². The number of carbonyl (C=O) groups is 4. The van der Waals surface area contributed by atoms with Crippen LogP contribution in [0.4, 0.5) is 10.5 Å². The van der Waals surface area contributed by atoms with Crippen molar-refractivity contribution in [2.75, 3.05) is 18.4 Å². The van der Waals surface area contributed by atoms with Gasteiger partial charge in [-0.1, -0.05) is 0 Å². The minimum atomic E-state index is -0.559. The molecule has 3 heterocycles. The van der Waals surface area contributed by atoms with Crippen molar-refractivity contribution in [3.63, 3.8) is 0 Å². The third-order valence-electron chi connectivity index (χ3n) is 5.69. The largest absolute Gasteiger partial charge is 0.366 e. The predicted octanol–water partition coefficient (Wildman–Crippen LogP) is 0.704. The Morgan fingerprint density at radius 2 is 1.84 bits per heavy atom. The number of amides is 5. The molecule has 2 atom stereocenters. The van der Waals surface area contributed by atoms with E-state index >= 15 is 0 Å². The molecule has 0 bridgehead atoms. The van der Waals surface area contributed by atoms with Crippen LogP contribution in [-0.2, 0) is 16.1 Å². The fraction of sp³-hybridized carbons (Fsp3) is 0.318. The quantitative estimate of drug-likeness (QED) is 0.610. The van der Waals surface area contributed by atoms with Crippen LogP contribution in [0.5, 0.6) is 0 Å². The molecule has 2 saturated heterocycles. The molecule has 10 nitrogen and oxygen atoms in total. The summed E-state index contributed by atoms with van der Waals surface area (Å²) in [5.41, 5.74) is 6.82. The molecule has 2 unspecified atom stereocenters. The van der Waals surface area contributed by atoms with E-state index in [4.69, 9.17) is 5.73 Å². The molecule has 1 aromatic carbocycles. The van der Waals surface area contributed by atoms with Crippen LogP contribution >= 0.6 is 0 Å². The number of nitrogens with one attached hydrogen (secondary N) is 2. The summed E-state index contributed by atoms with van der Waals surface area (Å²) in [7, 11) is 0. The zero-order valence-electron chi connectivity index (χ0n) is 17.4. The minimum absolute atomic E-state index is 0.109. The lowest BCUT2D eigenvalue weighted by atomic mass is 9.93. The fourth-order valence-electron chi connectivity index (χ4n) is 4.09. The molecule has 166 valence electrons. The highest BCUT2D eigenvalue weighted by Crippen LogP contribution is 2.26. The summed E-state index contributed by atoms with van der Waals surface area (Å²) in [5.74, 6) is -1.24. The van der Waals surface area contributed by atoms with Gasteiger partial charge in [-0.2, -0.15) is 0 Å². The predicted molar refractivity (Wildman–Crippen MR) is 115 cm³/mol. The number of anilines is 1. The smallest absolute Gasteiger partial charge is 0.327 e. The van der Waals surface area contributed by atoms with Crippen molar-refractivity contribution < 1.29 is 19.2 Å². The molecule has 4 rings (SSSR count). The van der Waals surface area contributed by atoms with Crippen molar-refractivity contribution in [3.05, 3.63) is 59.9 Å². The summed E-state index contributed by atoms with van der Waals surface area (Å²) in [6, 6.07) is 8.23. The van der Waals surface area contributed by atoms with E-state index in [0.717, 1.165) is 12.0 Å². The van der Waals surface area contributed by atoms with Gasteiger partial charge >= 0.3 is 6.03 Å². The molecule has 32 heavy (non-hydrogen) atoms. The van der Waals surface area contributed by atoms with E-state index < -0.39 is 23.9 Å². The Morgan fingerprint density at radius 1 is 1.12 bits per heavy atom. The van der Waals surface area contributed by atoms with Gasteiger partial charge in [-0.25, -0.2) is 4.79 Å². The number of carbonyl (C=O) groups excluding carboxylic acids is 4. The number of pyridine rings is 1. The molecular weight excluding hydrogens is 412 g/mol. The molecule has 2 aliphatic rings. The number of hydrogen-bond acceptors (Lipinski definition) is 6. The number of urea groups is 1. The van der Waals surface area contributed by atoms with Gasteiger partial charge in [0.05, 0.1) is 12.6 Å². The van der Waals surface area contributed by atoms with Crippen molar-refractivity contribution in [3.8, 4) is 0 Å². The Hall–Kier alpha value is -3.79. The molecule has 2 aromatic rings. The standard InChI is InChI=1S/C22H24N6O4/c23-20(30)15-3-5-16(6-4-15)26-18(29)13-27-17-2-1-9-25-19(17)21(31)28(22(27)32)12-14-7-10-24-11-8-14/h3-8,10-11,17,19,25H,1-2,9,12-13H2,(H2,23,30)(H,26,29). The van der Waals surface area contributed by atoms with Crippen LogP contribution in [0, 0.1) is 0 Å². The molecule has 2 aliphatic heterocycles. The second kappa shape index (κ2) is 9.15. The first-order valence-corrected chi connectivity index (χ1v) is 10.4. The van der Waals surface area contributed by atoms with Gasteiger partial charge in [-0.05, 0) is 61.3 Å². The van der Waals surface area contributed by atoms with Crippen LogP contribution < -0.4 is 16.4 Å². The van der Waals surface area contributed by atoms with E-state index in [-0.39, 0.29) is 25.0 Å². The van der Waals surface area contributed by atoms with Gasteiger partial charge in [0.15, 0.2) is 0 Å². The van der Waals surface area contributed by atoms with Crippen LogP contribution in [-0.4, -0.2) is 63.7 Å². The summed E-state index contributed by atoms with van der Waals surface area (Å²) < 4.78 is 0.